The van der Waals surface area contributed by atoms with Crippen LogP contribution in [0.25, 0.3) is 6.08 Å². The summed E-state index contributed by atoms with van der Waals surface area (Å²) in [7, 11) is 0. The van der Waals surface area contributed by atoms with Crippen LogP contribution >= 0.6 is 0 Å². The summed E-state index contributed by atoms with van der Waals surface area (Å²) in [6, 6.07) is 8.21. The Bertz CT molecular complexity index is 408. The van der Waals surface area contributed by atoms with Gasteiger partial charge in [0.25, 0.3) is 0 Å². The van der Waals surface area contributed by atoms with Crippen LogP contribution in [0, 0.1) is 11.8 Å². The molecule has 0 saturated heterocycles. The van der Waals surface area contributed by atoms with Gasteiger partial charge in [-0.2, -0.15) is 0 Å². The average molecular weight is 258 g/mol. The molecule has 0 spiro atoms. The summed E-state index contributed by atoms with van der Waals surface area (Å²) in [4.78, 5) is 0. The number of hydrogen-bond donors (Lipinski definition) is 0. The molecule has 1 nitrogen and oxygen atoms in total. The second-order valence-electron chi connectivity index (χ2n) is 6.44. The minimum Gasteiger partial charge on any atom is -0.488 e. The molecular formula is C18H26O. The normalized spacial score (nSPS) is 23.9. The molecule has 0 atom stereocenters. The lowest BCUT2D eigenvalue weighted by Crippen LogP contribution is -2.39. The topological polar surface area (TPSA) is 9.23 Å². The van der Waals surface area contributed by atoms with Crippen molar-refractivity contribution in [2.24, 2.45) is 11.8 Å². The maximum Gasteiger partial charge on any atom is 0.120 e. The third kappa shape index (κ3) is 3.62. The second-order valence-corrected chi connectivity index (χ2v) is 6.44. The van der Waals surface area contributed by atoms with Gasteiger partial charge in [0.1, 0.15) is 11.4 Å². The van der Waals surface area contributed by atoms with Crippen LogP contribution in [0.2, 0.25) is 0 Å². The van der Waals surface area contributed by atoms with E-state index in [9.17, 15) is 0 Å². The number of hydrogen-bond acceptors (Lipinski definition) is 1. The summed E-state index contributed by atoms with van der Waals surface area (Å²) < 4.78 is 6.24. The molecule has 1 fully saturated rings. The monoisotopic (exact) mass is 258 g/mol. The highest BCUT2D eigenvalue weighted by atomic mass is 16.5. The Balaban J connectivity index is 2.01. The summed E-state index contributed by atoms with van der Waals surface area (Å²) in [6.45, 7) is 10.6. The van der Waals surface area contributed by atoms with Crippen molar-refractivity contribution in [2.75, 3.05) is 0 Å². The first-order chi connectivity index (χ1) is 9.01. The molecule has 19 heavy (non-hydrogen) atoms. The molecule has 1 aromatic carbocycles. The predicted molar refractivity (Wildman–Crippen MR) is 82.4 cm³/mol. The molecule has 0 amide bonds. The molecule has 0 bridgehead atoms. The fraction of sp³-hybridized carbons (Fsp3) is 0.556. The largest absolute Gasteiger partial charge is 0.488 e. The third-order valence-electron chi connectivity index (χ3n) is 4.50. The lowest BCUT2D eigenvalue weighted by molar-refractivity contribution is 0.0188. The highest BCUT2D eigenvalue weighted by Gasteiger charge is 2.33. The average Bonchev–Trinajstić information content (AvgIpc) is 2.40. The first-order valence-corrected chi connectivity index (χ1v) is 7.43. The zero-order valence-electron chi connectivity index (χ0n) is 12.5. The summed E-state index contributed by atoms with van der Waals surface area (Å²) in [6.07, 6.45) is 7.12. The Morgan fingerprint density at radius 3 is 2.21 bits per heavy atom. The van der Waals surface area contributed by atoms with Crippen molar-refractivity contribution in [1.82, 2.24) is 0 Å². The molecule has 1 saturated carbocycles. The fourth-order valence-electron chi connectivity index (χ4n) is 3.01. The van der Waals surface area contributed by atoms with Gasteiger partial charge < -0.3 is 4.74 Å². The quantitative estimate of drug-likeness (QED) is 0.710. The summed E-state index contributed by atoms with van der Waals surface area (Å²) in [5.41, 5.74) is 1.06. The Hall–Kier alpha value is -1.24. The van der Waals surface area contributed by atoms with Crippen LogP contribution in [-0.2, 0) is 0 Å². The molecule has 104 valence electrons. The van der Waals surface area contributed by atoms with E-state index in [0.717, 1.165) is 17.2 Å². The van der Waals surface area contributed by atoms with E-state index in [0.29, 0.717) is 5.92 Å². The Morgan fingerprint density at radius 1 is 1.11 bits per heavy atom. The van der Waals surface area contributed by atoms with Crippen LogP contribution in [0.1, 0.15) is 52.0 Å². The number of ether oxygens (including phenoxy) is 1. The van der Waals surface area contributed by atoms with Crippen molar-refractivity contribution in [3.05, 3.63) is 36.4 Å². The summed E-state index contributed by atoms with van der Waals surface area (Å²) in [5.74, 6) is 2.52. The first-order valence-electron chi connectivity index (χ1n) is 7.43. The molecule has 0 heterocycles. The SMILES string of the molecule is C=Cc1ccc(OC(C)(C)C2CCC(C)CC2)cc1. The standard InChI is InChI=1S/C18H26O/c1-5-15-8-12-17(13-9-15)19-18(3,4)16-10-6-14(2)7-11-16/h5,8-9,12-14,16H,1,6-7,10-11H2,2-4H3. The Labute approximate surface area is 117 Å². The van der Waals surface area contributed by atoms with E-state index in [1.54, 1.807) is 0 Å². The van der Waals surface area contributed by atoms with Gasteiger partial charge in [0.05, 0.1) is 0 Å². The van der Waals surface area contributed by atoms with E-state index in [1.165, 1.54) is 25.7 Å². The molecule has 1 heteroatoms. The van der Waals surface area contributed by atoms with E-state index >= 15 is 0 Å². The predicted octanol–water partition coefficient (Wildman–Crippen LogP) is 5.31. The van der Waals surface area contributed by atoms with Crippen molar-refractivity contribution in [3.8, 4) is 5.75 Å². The molecule has 1 aliphatic carbocycles. The minimum absolute atomic E-state index is 0.0736. The van der Waals surface area contributed by atoms with Gasteiger partial charge in [-0.15, -0.1) is 0 Å². The van der Waals surface area contributed by atoms with Crippen LogP contribution in [0.3, 0.4) is 0 Å². The molecular weight excluding hydrogens is 232 g/mol. The van der Waals surface area contributed by atoms with Crippen LogP contribution in [-0.4, -0.2) is 5.60 Å². The lowest BCUT2D eigenvalue weighted by atomic mass is 9.75. The van der Waals surface area contributed by atoms with Crippen LogP contribution < -0.4 is 4.74 Å². The molecule has 0 aliphatic heterocycles. The van der Waals surface area contributed by atoms with Gasteiger partial charge in [-0.3, -0.25) is 0 Å². The maximum atomic E-state index is 6.24. The molecule has 0 radical (unpaired) electrons. The van der Waals surface area contributed by atoms with Gasteiger partial charge in [0.2, 0.25) is 0 Å². The zero-order valence-corrected chi connectivity index (χ0v) is 12.5. The van der Waals surface area contributed by atoms with Crippen molar-refractivity contribution in [3.63, 3.8) is 0 Å². The van der Waals surface area contributed by atoms with Gasteiger partial charge in [-0.05, 0) is 56.2 Å². The van der Waals surface area contributed by atoms with E-state index in [1.807, 2.05) is 18.2 Å². The van der Waals surface area contributed by atoms with Gasteiger partial charge in [-0.1, -0.05) is 44.6 Å². The highest BCUT2D eigenvalue weighted by Crippen LogP contribution is 2.37. The van der Waals surface area contributed by atoms with E-state index < -0.39 is 0 Å². The molecule has 1 aliphatic rings. The minimum atomic E-state index is -0.0736. The Kier molecular flexibility index (Phi) is 4.34. The number of benzene rings is 1. The Morgan fingerprint density at radius 2 is 1.68 bits per heavy atom. The van der Waals surface area contributed by atoms with Crippen LogP contribution in [0.4, 0.5) is 0 Å². The second kappa shape index (κ2) is 5.81. The van der Waals surface area contributed by atoms with Crippen LogP contribution in [0.5, 0.6) is 5.75 Å². The van der Waals surface area contributed by atoms with E-state index in [-0.39, 0.29) is 5.60 Å². The van der Waals surface area contributed by atoms with E-state index in [4.69, 9.17) is 4.74 Å². The third-order valence-corrected chi connectivity index (χ3v) is 4.50. The number of rotatable bonds is 4. The molecule has 1 aromatic rings. The summed E-state index contributed by atoms with van der Waals surface area (Å²) >= 11 is 0. The van der Waals surface area contributed by atoms with Gasteiger partial charge >= 0.3 is 0 Å². The molecule has 0 aromatic heterocycles. The van der Waals surface area contributed by atoms with Crippen molar-refractivity contribution >= 4 is 6.08 Å². The van der Waals surface area contributed by atoms with Crippen molar-refractivity contribution < 1.29 is 4.74 Å². The van der Waals surface area contributed by atoms with Crippen LogP contribution in [0.15, 0.2) is 30.8 Å². The lowest BCUT2D eigenvalue weighted by Gasteiger charge is -2.38. The molecule has 2 rings (SSSR count). The van der Waals surface area contributed by atoms with Gasteiger partial charge in [0, 0.05) is 0 Å². The summed E-state index contributed by atoms with van der Waals surface area (Å²) in [5, 5.41) is 0. The zero-order chi connectivity index (χ0) is 13.9. The maximum absolute atomic E-state index is 6.24. The van der Waals surface area contributed by atoms with Crippen molar-refractivity contribution in [1.29, 1.82) is 0 Å². The smallest absolute Gasteiger partial charge is 0.120 e. The molecule has 0 unspecified atom stereocenters. The van der Waals surface area contributed by atoms with E-state index in [2.05, 4.69) is 39.5 Å². The van der Waals surface area contributed by atoms with Gasteiger partial charge in [-0.25, -0.2) is 0 Å². The highest BCUT2D eigenvalue weighted by molar-refractivity contribution is 5.48. The van der Waals surface area contributed by atoms with Gasteiger partial charge in [0.15, 0.2) is 0 Å². The fourth-order valence-corrected chi connectivity index (χ4v) is 3.01. The molecule has 0 N–H and O–H groups in total. The first kappa shape index (κ1) is 14.2. The van der Waals surface area contributed by atoms with Crippen molar-refractivity contribution in [2.45, 2.75) is 52.1 Å².